The minimum atomic E-state index is -1.07. The zero-order valence-electron chi connectivity index (χ0n) is 21.4. The molecule has 5 nitrogen and oxygen atoms in total. The smallest absolute Gasteiger partial charge is 0.209 e. The second-order valence-electron chi connectivity index (χ2n) is 10.8. The molecule has 3 aliphatic rings. The van der Waals surface area contributed by atoms with Gasteiger partial charge in [0, 0.05) is 12.3 Å². The van der Waals surface area contributed by atoms with Crippen LogP contribution in [0.3, 0.4) is 0 Å². The SMILES string of the molecule is CC(C)=CCCC(C)=C[C@@H]1CC(C)=C[C@]2(C=C(CO)[C@H]3CC(=O)[C@](C)([C@H](C)O)[C@H](C)[C@H]3O2)O1. The van der Waals surface area contributed by atoms with E-state index in [0.717, 1.165) is 24.8 Å². The van der Waals surface area contributed by atoms with Crippen molar-refractivity contribution in [1.82, 2.24) is 0 Å². The van der Waals surface area contributed by atoms with Gasteiger partial charge >= 0.3 is 0 Å². The van der Waals surface area contributed by atoms with Gasteiger partial charge < -0.3 is 19.7 Å². The number of fused-ring (bicyclic) bond motifs is 1. The van der Waals surface area contributed by atoms with Crippen molar-refractivity contribution in [3.63, 3.8) is 0 Å². The Balaban J connectivity index is 1.91. The fourth-order valence-electron chi connectivity index (χ4n) is 5.65. The number of allylic oxidation sites excluding steroid dienone is 3. The first-order valence-electron chi connectivity index (χ1n) is 12.3. The Labute approximate surface area is 199 Å². The number of hydrogen-bond donors (Lipinski definition) is 2. The number of hydrogen-bond acceptors (Lipinski definition) is 5. The Morgan fingerprint density at radius 2 is 1.94 bits per heavy atom. The predicted molar refractivity (Wildman–Crippen MR) is 131 cm³/mol. The fraction of sp³-hybridized carbons (Fsp3) is 0.679. The van der Waals surface area contributed by atoms with E-state index in [9.17, 15) is 15.0 Å². The Morgan fingerprint density at radius 1 is 1.24 bits per heavy atom. The molecule has 0 saturated heterocycles. The summed E-state index contributed by atoms with van der Waals surface area (Å²) in [5.74, 6) is -1.48. The molecule has 0 aromatic carbocycles. The highest BCUT2D eigenvalue weighted by Crippen LogP contribution is 2.51. The Kier molecular flexibility index (Phi) is 7.89. The molecular weight excluding hydrogens is 416 g/mol. The van der Waals surface area contributed by atoms with E-state index in [0.29, 0.717) is 0 Å². The van der Waals surface area contributed by atoms with E-state index in [2.05, 4.69) is 39.8 Å². The zero-order valence-corrected chi connectivity index (χ0v) is 21.4. The normalized spacial score (nSPS) is 37.8. The third kappa shape index (κ3) is 5.27. The van der Waals surface area contributed by atoms with Crippen molar-refractivity contribution in [1.29, 1.82) is 0 Å². The van der Waals surface area contributed by atoms with E-state index >= 15 is 0 Å². The fourth-order valence-corrected chi connectivity index (χ4v) is 5.65. The van der Waals surface area contributed by atoms with Gasteiger partial charge in [0.05, 0.1) is 30.3 Å². The largest absolute Gasteiger partial charge is 0.392 e. The molecule has 33 heavy (non-hydrogen) atoms. The summed E-state index contributed by atoms with van der Waals surface area (Å²) in [7, 11) is 0. The Bertz CT molecular complexity index is 875. The number of carbonyl (C=O) groups is 1. The Hall–Kier alpha value is -1.53. The van der Waals surface area contributed by atoms with Crippen LogP contribution >= 0.6 is 0 Å². The van der Waals surface area contributed by atoms with Gasteiger partial charge in [0.2, 0.25) is 5.79 Å². The lowest BCUT2D eigenvalue weighted by Gasteiger charge is -2.53. The lowest BCUT2D eigenvalue weighted by molar-refractivity contribution is -0.258. The van der Waals surface area contributed by atoms with Crippen molar-refractivity contribution in [2.24, 2.45) is 17.3 Å². The summed E-state index contributed by atoms with van der Waals surface area (Å²) in [6.07, 6.45) is 10.1. The maximum atomic E-state index is 13.0. The highest BCUT2D eigenvalue weighted by molar-refractivity contribution is 5.87. The molecule has 1 fully saturated rings. The van der Waals surface area contributed by atoms with Crippen molar-refractivity contribution in [2.45, 2.75) is 98.2 Å². The van der Waals surface area contributed by atoms with Gasteiger partial charge in [-0.05, 0) is 84.4 Å². The number of aliphatic hydroxyl groups excluding tert-OH is 2. The second kappa shape index (κ2) is 9.99. The summed E-state index contributed by atoms with van der Waals surface area (Å²) in [6.45, 7) is 13.8. The Morgan fingerprint density at radius 3 is 2.55 bits per heavy atom. The summed E-state index contributed by atoms with van der Waals surface area (Å²) in [5, 5.41) is 20.7. The van der Waals surface area contributed by atoms with Crippen LogP contribution in [0.5, 0.6) is 0 Å². The molecule has 2 N–H and O–H groups in total. The molecule has 3 rings (SSSR count). The van der Waals surface area contributed by atoms with Crippen LogP contribution in [0, 0.1) is 17.3 Å². The molecule has 0 bridgehead atoms. The third-order valence-corrected chi connectivity index (χ3v) is 7.94. The van der Waals surface area contributed by atoms with Gasteiger partial charge in [0.25, 0.3) is 0 Å². The van der Waals surface area contributed by atoms with E-state index in [1.54, 1.807) is 6.92 Å². The van der Waals surface area contributed by atoms with Crippen molar-refractivity contribution < 1.29 is 24.5 Å². The molecule has 0 radical (unpaired) electrons. The maximum Gasteiger partial charge on any atom is 0.209 e. The molecule has 2 heterocycles. The standard InChI is InChI=1S/C28H42O5/c1-17(2)9-8-10-18(3)11-23-12-19(4)14-28(32-23)15-22(16-29)24-13-25(31)27(7,21(6)30)20(5)26(24)33-28/h9,11,14-15,20-21,23-24,26,29-30H,8,10,12-13,16H2,1-7H3/t20-,21+,23-,24-,26-,27+,28+/m1/s1. The molecule has 0 amide bonds. The van der Waals surface area contributed by atoms with Gasteiger partial charge in [-0.1, -0.05) is 35.8 Å². The number of Topliss-reactive ketones (excluding diaryl/α,β-unsaturated/α-hetero) is 1. The average Bonchev–Trinajstić information content (AvgIpc) is 2.71. The van der Waals surface area contributed by atoms with E-state index in [-0.39, 0.29) is 42.9 Å². The highest BCUT2D eigenvalue weighted by Gasteiger charge is 2.57. The first kappa shape index (κ1) is 26.1. The van der Waals surface area contributed by atoms with Gasteiger partial charge in [-0.15, -0.1) is 0 Å². The lowest BCUT2D eigenvalue weighted by atomic mass is 9.58. The summed E-state index contributed by atoms with van der Waals surface area (Å²) in [4.78, 5) is 13.0. The van der Waals surface area contributed by atoms with E-state index in [1.165, 1.54) is 16.7 Å². The topological polar surface area (TPSA) is 76.0 Å². The van der Waals surface area contributed by atoms with E-state index in [1.807, 2.05) is 26.0 Å². The molecule has 2 aliphatic heterocycles. The summed E-state index contributed by atoms with van der Waals surface area (Å²) in [6, 6.07) is 0. The molecule has 184 valence electrons. The van der Waals surface area contributed by atoms with Crippen molar-refractivity contribution >= 4 is 5.78 Å². The van der Waals surface area contributed by atoms with Crippen molar-refractivity contribution in [3.8, 4) is 0 Å². The predicted octanol–water partition coefficient (Wildman–Crippen LogP) is 5.04. The number of ketones is 1. The van der Waals surface area contributed by atoms with Gasteiger partial charge in [0.1, 0.15) is 5.78 Å². The molecular formula is C28H42O5. The lowest BCUT2D eigenvalue weighted by Crippen LogP contribution is -2.60. The van der Waals surface area contributed by atoms with Crippen molar-refractivity contribution in [3.05, 3.63) is 46.6 Å². The van der Waals surface area contributed by atoms with Crippen LogP contribution < -0.4 is 0 Å². The molecule has 7 atom stereocenters. The van der Waals surface area contributed by atoms with Gasteiger partial charge in [-0.25, -0.2) is 0 Å². The third-order valence-electron chi connectivity index (χ3n) is 7.94. The van der Waals surface area contributed by atoms with Crippen LogP contribution in [0.15, 0.2) is 46.6 Å². The molecule has 0 aromatic heterocycles. The van der Waals surface area contributed by atoms with Crippen LogP contribution in [0.2, 0.25) is 0 Å². The van der Waals surface area contributed by atoms with Gasteiger partial charge in [-0.3, -0.25) is 4.79 Å². The van der Waals surface area contributed by atoms with Gasteiger partial charge in [-0.2, -0.15) is 0 Å². The van der Waals surface area contributed by atoms with E-state index < -0.39 is 17.3 Å². The molecule has 0 aromatic rings. The van der Waals surface area contributed by atoms with Gasteiger partial charge in [0.15, 0.2) is 0 Å². The second-order valence-corrected chi connectivity index (χ2v) is 10.8. The molecule has 1 saturated carbocycles. The number of carbonyl (C=O) groups excluding carboxylic acids is 1. The van der Waals surface area contributed by atoms with Crippen LogP contribution in [-0.4, -0.2) is 46.7 Å². The summed E-state index contributed by atoms with van der Waals surface area (Å²) < 4.78 is 13.2. The summed E-state index contributed by atoms with van der Waals surface area (Å²) in [5.41, 5.74) is 3.66. The first-order valence-corrected chi connectivity index (χ1v) is 12.3. The van der Waals surface area contributed by atoms with Crippen LogP contribution in [0.4, 0.5) is 0 Å². The molecule has 1 aliphatic carbocycles. The maximum absolute atomic E-state index is 13.0. The van der Waals surface area contributed by atoms with Crippen molar-refractivity contribution in [2.75, 3.05) is 6.61 Å². The van der Waals surface area contributed by atoms with Crippen LogP contribution in [0.1, 0.15) is 74.1 Å². The quantitative estimate of drug-likeness (QED) is 0.545. The summed E-state index contributed by atoms with van der Waals surface area (Å²) >= 11 is 0. The van der Waals surface area contributed by atoms with Crippen LogP contribution in [-0.2, 0) is 14.3 Å². The molecule has 1 spiro atoms. The van der Waals surface area contributed by atoms with E-state index in [4.69, 9.17) is 9.47 Å². The highest BCUT2D eigenvalue weighted by atomic mass is 16.7. The number of aliphatic hydroxyl groups is 2. The number of rotatable bonds is 6. The zero-order chi connectivity index (χ0) is 24.6. The first-order chi connectivity index (χ1) is 15.4. The average molecular weight is 459 g/mol. The molecule has 5 heteroatoms. The monoisotopic (exact) mass is 458 g/mol. The number of ether oxygens (including phenoxy) is 2. The van der Waals surface area contributed by atoms with Crippen LogP contribution in [0.25, 0.3) is 0 Å². The minimum Gasteiger partial charge on any atom is -0.392 e. The molecule has 0 unspecified atom stereocenters. The minimum absolute atomic E-state index is 0.0224.